The average Bonchev–Trinajstić information content (AvgIpc) is 3.28. The minimum atomic E-state index is -2.41. The molecule has 0 spiro atoms. The fourth-order valence-corrected chi connectivity index (χ4v) is 10.4. The monoisotopic (exact) mass is 912 g/mol. The fourth-order valence-electron chi connectivity index (χ4n) is 10.4. The van der Waals surface area contributed by atoms with E-state index in [1.54, 1.807) is 41.1 Å². The molecule has 3 fully saturated rings. The quantitative estimate of drug-likeness (QED) is 0.153. The number of esters is 1. The minimum absolute atomic E-state index is 0.0304. The van der Waals surface area contributed by atoms with Crippen LogP contribution in [0.5, 0.6) is 0 Å². The minimum Gasteiger partial charge on any atom is -0.460 e. The molecule has 15 atom stereocenters. The molecule has 4 rings (SSSR count). The van der Waals surface area contributed by atoms with Crippen molar-refractivity contribution in [1.82, 2.24) is 4.90 Å². The third-order valence-electron chi connectivity index (χ3n) is 14.8. The number of carbonyl (C=O) groups excluding carboxylic acids is 5. The number of carbonyl (C=O) groups is 5. The van der Waals surface area contributed by atoms with Crippen molar-refractivity contribution in [2.45, 2.75) is 181 Å². The van der Waals surface area contributed by atoms with Crippen LogP contribution in [-0.4, -0.2) is 121 Å². The summed E-state index contributed by atoms with van der Waals surface area (Å²) in [5, 5.41) is 23.4. The molecule has 366 valence electrons. The Hall–Kier alpha value is -3.33. The Balaban J connectivity index is 1.70. The summed E-state index contributed by atoms with van der Waals surface area (Å²) in [6.45, 7) is 15.1. The summed E-state index contributed by atoms with van der Waals surface area (Å²) in [5.74, 6) is -7.07. The highest BCUT2D eigenvalue weighted by Gasteiger charge is 2.53. The number of cyclic esters (lactones) is 1. The third-order valence-corrected chi connectivity index (χ3v) is 14.8. The van der Waals surface area contributed by atoms with Gasteiger partial charge < -0.3 is 38.8 Å². The van der Waals surface area contributed by atoms with E-state index in [1.807, 2.05) is 58.1 Å². The number of methoxy groups -OCH3 is 3. The molecular formula is C52H81NO12. The molecule has 0 radical (unpaired) electrons. The maximum Gasteiger partial charge on any atom is 0.329 e. The average molecular weight is 912 g/mol. The normalized spacial score (nSPS) is 40.4. The first-order valence-corrected chi connectivity index (χ1v) is 24.2. The second-order valence-corrected chi connectivity index (χ2v) is 20.0. The molecule has 2 N–H and O–H groups in total. The number of aliphatic hydroxyl groups is 2. The number of aliphatic hydroxyl groups excluding tert-OH is 1. The molecule has 1 saturated carbocycles. The van der Waals surface area contributed by atoms with Gasteiger partial charge in [0, 0.05) is 58.5 Å². The van der Waals surface area contributed by atoms with Crippen molar-refractivity contribution < 1.29 is 57.9 Å². The molecule has 13 heteroatoms. The first-order valence-electron chi connectivity index (χ1n) is 24.2. The summed E-state index contributed by atoms with van der Waals surface area (Å²) >= 11 is 0. The van der Waals surface area contributed by atoms with Crippen LogP contribution in [-0.2, 0) is 47.7 Å². The van der Waals surface area contributed by atoms with Crippen LogP contribution in [0.4, 0.5) is 0 Å². The number of piperidine rings is 1. The summed E-state index contributed by atoms with van der Waals surface area (Å²) in [6, 6.07) is -1.11. The van der Waals surface area contributed by atoms with Gasteiger partial charge in [0.25, 0.3) is 11.7 Å². The Morgan fingerprint density at radius 2 is 1.57 bits per heavy atom. The van der Waals surface area contributed by atoms with Crippen LogP contribution >= 0.6 is 0 Å². The molecule has 65 heavy (non-hydrogen) atoms. The van der Waals surface area contributed by atoms with Crippen molar-refractivity contribution in [2.75, 3.05) is 27.9 Å². The standard InChI is InChI=1S/C52H81NO12/c1-31-17-13-12-14-18-32(2)44(62-10)29-40-23-21-38(8)52(60,65-40)49(57)50(58)53-24-16-15-19-41(53)51(59)64-45(35(5)27-39-22-20-33(3)43(28-39)61-9)30-42(54)34(4)26-37(7)47(56)48(63-11)46(55)36(6)25-31/h12-14,17-18,26,31,33-36,38-41,43-45,47-48,56,60H,15-16,19-25,27-30H2,1-11H3/b14-12+,17-13+,32-18+,37-26+/t31-,33-,34-,35-,36?,38-,39?,40+,41?,43?,44+,45+,47-,48?,52?/m1/s1. The lowest BCUT2D eigenvalue weighted by Gasteiger charge is -2.42. The van der Waals surface area contributed by atoms with Gasteiger partial charge >= 0.3 is 5.97 Å². The van der Waals surface area contributed by atoms with E-state index in [9.17, 15) is 34.2 Å². The second kappa shape index (κ2) is 25.2. The van der Waals surface area contributed by atoms with E-state index in [2.05, 4.69) is 6.92 Å². The summed E-state index contributed by atoms with van der Waals surface area (Å²) in [5.41, 5.74) is 1.30. The number of hydrogen-bond acceptors (Lipinski definition) is 12. The Bertz CT molecular complexity index is 1750. The molecule has 0 aromatic carbocycles. The van der Waals surface area contributed by atoms with Gasteiger partial charge in [0.05, 0.1) is 18.3 Å². The van der Waals surface area contributed by atoms with Crippen LogP contribution in [0.3, 0.4) is 0 Å². The number of fused-ring (bicyclic) bond motifs is 3. The highest BCUT2D eigenvalue weighted by atomic mass is 16.6. The topological polar surface area (TPSA) is 175 Å². The van der Waals surface area contributed by atoms with Crippen LogP contribution < -0.4 is 0 Å². The van der Waals surface area contributed by atoms with Gasteiger partial charge in [-0.3, -0.25) is 19.2 Å². The molecule has 2 bridgehead atoms. The maximum atomic E-state index is 14.4. The fraction of sp³-hybridized carbons (Fsp3) is 0.750. The Kier molecular flexibility index (Phi) is 21.0. The second-order valence-electron chi connectivity index (χ2n) is 20.0. The Morgan fingerprint density at radius 1 is 0.846 bits per heavy atom. The smallest absolute Gasteiger partial charge is 0.329 e. The number of ether oxygens (including phenoxy) is 5. The van der Waals surface area contributed by atoms with Gasteiger partial charge in [0.15, 0.2) is 5.78 Å². The first-order chi connectivity index (χ1) is 30.7. The largest absolute Gasteiger partial charge is 0.460 e. The predicted octanol–water partition coefficient (Wildman–Crippen LogP) is 7.46. The summed E-state index contributed by atoms with van der Waals surface area (Å²) in [6.07, 6.45) is 13.6. The van der Waals surface area contributed by atoms with E-state index in [0.717, 1.165) is 24.8 Å². The molecule has 2 saturated heterocycles. The van der Waals surface area contributed by atoms with E-state index >= 15 is 0 Å². The SMILES string of the molecule is COC1CC(C[C@@H](C)[C@@H]2CC(=O)[C@H](C)/C=C(\C)[C@@H](O)C(OC)C(=O)C(C)C[C@H](C)/C=C/C=C/C=C(\C)[C@@H](OC)C[C@@H]3CC[C@@H](C)C(O)(O3)C(=O)C(=O)N3CCCCC3C(=O)O2)CC[C@H]1C. The van der Waals surface area contributed by atoms with E-state index in [0.29, 0.717) is 56.4 Å². The van der Waals surface area contributed by atoms with Crippen LogP contribution in [0.1, 0.15) is 132 Å². The molecule has 13 nitrogen and oxygen atoms in total. The molecule has 1 amide bonds. The lowest BCUT2D eigenvalue weighted by Crippen LogP contribution is -2.61. The van der Waals surface area contributed by atoms with Crippen molar-refractivity contribution in [3.8, 4) is 0 Å². The molecule has 0 aromatic heterocycles. The number of ketones is 3. The first kappa shape index (κ1) is 54.3. The zero-order valence-electron chi connectivity index (χ0n) is 41.2. The van der Waals surface area contributed by atoms with Crippen LogP contribution in [0.2, 0.25) is 0 Å². The Morgan fingerprint density at radius 3 is 2.25 bits per heavy atom. The molecule has 4 aliphatic rings. The van der Waals surface area contributed by atoms with Crippen molar-refractivity contribution in [2.24, 2.45) is 41.4 Å². The van der Waals surface area contributed by atoms with Crippen LogP contribution in [0, 0.1) is 41.4 Å². The Labute approximate surface area is 388 Å². The number of amides is 1. The van der Waals surface area contributed by atoms with Gasteiger partial charge in [-0.25, -0.2) is 4.79 Å². The van der Waals surface area contributed by atoms with Crippen LogP contribution in [0.15, 0.2) is 47.6 Å². The number of hydrogen-bond donors (Lipinski definition) is 2. The third kappa shape index (κ3) is 14.3. The zero-order valence-corrected chi connectivity index (χ0v) is 41.2. The number of allylic oxidation sites excluding steroid dienone is 6. The summed E-state index contributed by atoms with van der Waals surface area (Å²) < 4.78 is 29.7. The highest BCUT2D eigenvalue weighted by Crippen LogP contribution is 2.38. The summed E-state index contributed by atoms with van der Waals surface area (Å²) in [7, 11) is 4.70. The number of Topliss-reactive ketones (excluding diaryl/α,β-unsaturated/α-hetero) is 3. The predicted molar refractivity (Wildman–Crippen MR) is 248 cm³/mol. The van der Waals surface area contributed by atoms with E-state index in [4.69, 9.17) is 23.7 Å². The van der Waals surface area contributed by atoms with Gasteiger partial charge in [-0.05, 0) is 113 Å². The van der Waals surface area contributed by atoms with Gasteiger partial charge in [-0.2, -0.15) is 0 Å². The summed E-state index contributed by atoms with van der Waals surface area (Å²) in [4.78, 5) is 71.9. The molecule has 6 unspecified atom stereocenters. The van der Waals surface area contributed by atoms with Crippen molar-refractivity contribution in [3.63, 3.8) is 0 Å². The van der Waals surface area contributed by atoms with Crippen molar-refractivity contribution in [1.29, 1.82) is 0 Å². The van der Waals surface area contributed by atoms with E-state index in [-0.39, 0.29) is 54.8 Å². The molecule has 3 aliphatic heterocycles. The number of rotatable bonds is 6. The number of nitrogens with zero attached hydrogens (tertiary/aromatic N) is 1. The molecular weight excluding hydrogens is 831 g/mol. The highest BCUT2D eigenvalue weighted by molar-refractivity contribution is 6.39. The molecule has 0 aromatic rings. The lowest BCUT2D eigenvalue weighted by molar-refractivity contribution is -0.265. The van der Waals surface area contributed by atoms with Crippen LogP contribution in [0.25, 0.3) is 0 Å². The van der Waals surface area contributed by atoms with Crippen molar-refractivity contribution in [3.05, 3.63) is 47.6 Å². The van der Waals surface area contributed by atoms with E-state index < -0.39 is 77.8 Å². The van der Waals surface area contributed by atoms with Gasteiger partial charge in [0.2, 0.25) is 5.79 Å². The van der Waals surface area contributed by atoms with Crippen molar-refractivity contribution >= 4 is 29.2 Å². The zero-order chi connectivity index (χ0) is 48.2. The molecule has 3 heterocycles. The molecule has 1 aliphatic carbocycles. The maximum absolute atomic E-state index is 14.4. The van der Waals surface area contributed by atoms with Gasteiger partial charge in [-0.1, -0.05) is 78.0 Å². The van der Waals surface area contributed by atoms with Gasteiger partial charge in [-0.15, -0.1) is 0 Å². The van der Waals surface area contributed by atoms with Gasteiger partial charge in [0.1, 0.15) is 30.1 Å². The van der Waals surface area contributed by atoms with E-state index in [1.165, 1.54) is 12.0 Å². The lowest BCUT2D eigenvalue weighted by atomic mass is 9.76.